The third-order valence-electron chi connectivity index (χ3n) is 3.14. The molecule has 6 nitrogen and oxygen atoms in total. The Morgan fingerprint density at radius 1 is 1.15 bits per heavy atom. The highest BCUT2D eigenvalue weighted by Crippen LogP contribution is 2.31. The second-order valence-electron chi connectivity index (χ2n) is 5.81. The Bertz CT molecular complexity index is 639. The van der Waals surface area contributed by atoms with Crippen molar-refractivity contribution in [1.29, 1.82) is 0 Å². The van der Waals surface area contributed by atoms with Gasteiger partial charge in [-0.25, -0.2) is 0 Å². The predicted molar refractivity (Wildman–Crippen MR) is 111 cm³/mol. The summed E-state index contributed by atoms with van der Waals surface area (Å²) >= 11 is 23.1. The van der Waals surface area contributed by atoms with Gasteiger partial charge in [-0.05, 0) is 30.3 Å². The first-order valence-corrected chi connectivity index (χ1v) is 9.26. The van der Waals surface area contributed by atoms with Crippen LogP contribution in [-0.2, 0) is 4.79 Å². The summed E-state index contributed by atoms with van der Waals surface area (Å²) < 4.78 is 8.62. The molecule has 0 saturated heterocycles. The van der Waals surface area contributed by atoms with Gasteiger partial charge in [-0.15, -0.1) is 0 Å². The first-order valence-electron chi connectivity index (χ1n) is 7.72. The number of ether oxygens (including phenoxy) is 2. The summed E-state index contributed by atoms with van der Waals surface area (Å²) in [5, 5.41) is 8.53. The third kappa shape index (κ3) is 7.61. The fraction of sp³-hybridized carbons (Fsp3) is 0.500. The van der Waals surface area contributed by atoms with E-state index in [0.717, 1.165) is 0 Å². The van der Waals surface area contributed by atoms with Crippen LogP contribution in [0.15, 0.2) is 18.2 Å². The molecule has 0 bridgehead atoms. The Balaban J connectivity index is 2.79. The molecule has 0 fully saturated rings. The molecule has 0 aliphatic heterocycles. The molecule has 0 unspecified atom stereocenters. The third-order valence-corrected chi connectivity index (χ3v) is 4.02. The number of carbonyl (C=O) groups excluding carboxylic acids is 1. The summed E-state index contributed by atoms with van der Waals surface area (Å²) in [7, 11) is 3.07. The number of rotatable bonds is 7. The van der Waals surface area contributed by atoms with E-state index in [0.29, 0.717) is 23.6 Å². The largest absolute Gasteiger partial charge is 0.493 e. The average Bonchev–Trinajstić information content (AvgIpc) is 2.52. The van der Waals surface area contributed by atoms with Crippen molar-refractivity contribution >= 4 is 63.7 Å². The van der Waals surface area contributed by atoms with E-state index in [1.807, 2.05) is 13.8 Å². The number of methoxy groups -OCH3 is 2. The van der Waals surface area contributed by atoms with E-state index in [1.165, 1.54) is 7.11 Å². The molecular weight excluding hydrogens is 421 g/mol. The van der Waals surface area contributed by atoms with Crippen LogP contribution in [0.2, 0.25) is 0 Å². The van der Waals surface area contributed by atoms with Crippen molar-refractivity contribution < 1.29 is 14.3 Å². The molecule has 146 valence electrons. The number of halogens is 3. The summed E-state index contributed by atoms with van der Waals surface area (Å²) in [6, 6.07) is 5.17. The van der Waals surface area contributed by atoms with Gasteiger partial charge in [-0.2, -0.15) is 0 Å². The van der Waals surface area contributed by atoms with Gasteiger partial charge in [-0.1, -0.05) is 48.7 Å². The summed E-state index contributed by atoms with van der Waals surface area (Å²) in [5.41, 5.74) is 0.636. The number of anilines is 1. The highest BCUT2D eigenvalue weighted by molar-refractivity contribution is 7.80. The maximum atomic E-state index is 12.0. The maximum Gasteiger partial charge on any atom is 0.228 e. The number of hydrogen-bond acceptors (Lipinski definition) is 4. The van der Waals surface area contributed by atoms with Crippen LogP contribution in [0.25, 0.3) is 0 Å². The molecule has 26 heavy (non-hydrogen) atoms. The lowest BCUT2D eigenvalue weighted by molar-refractivity contribution is -0.122. The Morgan fingerprint density at radius 3 is 2.27 bits per heavy atom. The molecule has 0 aliphatic carbocycles. The monoisotopic (exact) mass is 441 g/mol. The number of benzene rings is 1. The van der Waals surface area contributed by atoms with E-state index in [9.17, 15) is 4.79 Å². The van der Waals surface area contributed by atoms with E-state index in [2.05, 4.69) is 16.0 Å². The van der Waals surface area contributed by atoms with E-state index in [1.54, 1.807) is 25.3 Å². The smallest absolute Gasteiger partial charge is 0.228 e. The number of carbonyl (C=O) groups is 1. The predicted octanol–water partition coefficient (Wildman–Crippen LogP) is 3.85. The minimum absolute atomic E-state index is 0.165. The van der Waals surface area contributed by atoms with Crippen LogP contribution in [0, 0.1) is 5.92 Å². The maximum absolute atomic E-state index is 12.0. The average molecular weight is 443 g/mol. The highest BCUT2D eigenvalue weighted by Gasteiger charge is 2.34. The van der Waals surface area contributed by atoms with Crippen molar-refractivity contribution in [1.82, 2.24) is 10.6 Å². The number of nitrogens with one attached hydrogen (secondary N) is 3. The number of thiocarbonyl (C=S) groups is 1. The fourth-order valence-corrected chi connectivity index (χ4v) is 2.57. The molecule has 3 N–H and O–H groups in total. The van der Waals surface area contributed by atoms with E-state index >= 15 is 0 Å². The molecule has 1 atom stereocenters. The molecule has 0 aliphatic rings. The zero-order chi connectivity index (χ0) is 19.9. The number of alkyl halides is 3. The van der Waals surface area contributed by atoms with E-state index in [-0.39, 0.29) is 16.9 Å². The van der Waals surface area contributed by atoms with Gasteiger partial charge in [0.05, 0.1) is 14.2 Å². The molecule has 1 rings (SSSR count). The van der Waals surface area contributed by atoms with E-state index < -0.39 is 9.96 Å². The Labute approximate surface area is 173 Å². The van der Waals surface area contributed by atoms with Crippen LogP contribution in [0.1, 0.15) is 20.3 Å². The van der Waals surface area contributed by atoms with Crippen LogP contribution >= 0.6 is 47.0 Å². The minimum Gasteiger partial charge on any atom is -0.493 e. The van der Waals surface area contributed by atoms with Crippen molar-refractivity contribution in [3.8, 4) is 11.5 Å². The normalized spacial score (nSPS) is 12.3. The molecule has 0 radical (unpaired) electrons. The van der Waals surface area contributed by atoms with Gasteiger partial charge in [-0.3, -0.25) is 4.79 Å². The Hall–Kier alpha value is -1.15. The SMILES string of the molecule is COc1ccc(NC(=S)N[C@@H](NC(=O)CC(C)C)C(Cl)(Cl)Cl)cc1OC. The van der Waals surface area contributed by atoms with Gasteiger partial charge in [0.1, 0.15) is 6.17 Å². The van der Waals surface area contributed by atoms with Gasteiger partial charge < -0.3 is 25.4 Å². The van der Waals surface area contributed by atoms with Crippen molar-refractivity contribution in [2.75, 3.05) is 19.5 Å². The zero-order valence-electron chi connectivity index (χ0n) is 14.9. The molecule has 0 saturated carbocycles. The summed E-state index contributed by atoms with van der Waals surface area (Å²) in [6.45, 7) is 3.83. The van der Waals surface area contributed by atoms with Crippen molar-refractivity contribution in [3.05, 3.63) is 18.2 Å². The fourth-order valence-electron chi connectivity index (χ4n) is 2.00. The number of hydrogen-bond donors (Lipinski definition) is 3. The quantitative estimate of drug-likeness (QED) is 0.338. The highest BCUT2D eigenvalue weighted by atomic mass is 35.6. The molecule has 1 amide bonds. The lowest BCUT2D eigenvalue weighted by Crippen LogP contribution is -2.56. The molecule has 0 heterocycles. The number of amides is 1. The lowest BCUT2D eigenvalue weighted by atomic mass is 10.1. The van der Waals surface area contributed by atoms with Crippen molar-refractivity contribution in [2.24, 2.45) is 5.92 Å². The molecule has 0 spiro atoms. The molecule has 10 heteroatoms. The van der Waals surface area contributed by atoms with E-state index in [4.69, 9.17) is 56.5 Å². The van der Waals surface area contributed by atoms with Crippen molar-refractivity contribution in [2.45, 2.75) is 30.2 Å². The summed E-state index contributed by atoms with van der Waals surface area (Å²) in [4.78, 5) is 12.0. The van der Waals surface area contributed by atoms with Gasteiger partial charge in [0, 0.05) is 18.2 Å². The van der Waals surface area contributed by atoms with Crippen LogP contribution in [-0.4, -0.2) is 35.2 Å². The second-order valence-corrected chi connectivity index (χ2v) is 8.59. The van der Waals surface area contributed by atoms with Gasteiger partial charge in [0.2, 0.25) is 9.70 Å². The Morgan fingerprint density at radius 2 is 1.77 bits per heavy atom. The first-order chi connectivity index (χ1) is 12.1. The Kier molecular flexibility index (Phi) is 9.03. The second kappa shape index (κ2) is 10.3. The lowest BCUT2D eigenvalue weighted by Gasteiger charge is -2.28. The molecular formula is C16H22Cl3N3O3S. The van der Waals surface area contributed by atoms with Gasteiger partial charge in [0.25, 0.3) is 0 Å². The topological polar surface area (TPSA) is 71.6 Å². The standard InChI is InChI=1S/C16H22Cl3N3O3S/c1-9(2)7-13(23)21-14(16(17,18)19)22-15(26)20-10-5-6-11(24-3)12(8-10)25-4/h5-6,8-9,14H,7H2,1-4H3,(H,21,23)(H2,20,22,26)/t14-/m1/s1. The van der Waals surface area contributed by atoms with Gasteiger partial charge >= 0.3 is 0 Å². The van der Waals surface area contributed by atoms with Gasteiger partial charge in [0.15, 0.2) is 16.6 Å². The van der Waals surface area contributed by atoms with Crippen LogP contribution in [0.3, 0.4) is 0 Å². The first kappa shape index (κ1) is 22.9. The van der Waals surface area contributed by atoms with Crippen LogP contribution < -0.4 is 25.4 Å². The van der Waals surface area contributed by atoms with Crippen LogP contribution in [0.4, 0.5) is 5.69 Å². The molecule has 1 aromatic rings. The molecule has 0 aromatic heterocycles. The summed E-state index contributed by atoms with van der Waals surface area (Å²) in [6.07, 6.45) is -0.701. The minimum atomic E-state index is -1.80. The summed E-state index contributed by atoms with van der Waals surface area (Å²) in [5.74, 6) is 1.03. The molecule has 1 aromatic carbocycles. The zero-order valence-corrected chi connectivity index (χ0v) is 17.9. The van der Waals surface area contributed by atoms with Crippen molar-refractivity contribution in [3.63, 3.8) is 0 Å². The van der Waals surface area contributed by atoms with Crippen LogP contribution in [0.5, 0.6) is 11.5 Å².